The van der Waals surface area contributed by atoms with Gasteiger partial charge in [-0.25, -0.2) is 9.97 Å². The van der Waals surface area contributed by atoms with Crippen molar-refractivity contribution in [2.45, 2.75) is 6.04 Å². The molecule has 104 valence electrons. The Kier molecular flexibility index (Phi) is 3.60. The summed E-state index contributed by atoms with van der Waals surface area (Å²) in [6.45, 7) is 2.66. The highest BCUT2D eigenvalue weighted by molar-refractivity contribution is 5.42. The number of likely N-dealkylation sites (N-methyl/N-ethyl adjacent to an activating group) is 1. The van der Waals surface area contributed by atoms with Gasteiger partial charge in [0.25, 0.3) is 0 Å². The first-order chi connectivity index (χ1) is 9.74. The molecule has 0 aliphatic carbocycles. The Balaban J connectivity index is 1.95. The predicted octanol–water partition coefficient (Wildman–Crippen LogP) is 2.11. The van der Waals surface area contributed by atoms with E-state index < -0.39 is 5.95 Å². The van der Waals surface area contributed by atoms with Crippen LogP contribution in [-0.4, -0.2) is 41.5 Å². The molecule has 0 saturated carbocycles. The third-order valence-electron chi connectivity index (χ3n) is 3.68. The molecular formula is C15H17FN4. The van der Waals surface area contributed by atoms with E-state index in [0.717, 1.165) is 19.6 Å². The molecule has 1 aliphatic rings. The highest BCUT2D eigenvalue weighted by Crippen LogP contribution is 2.28. The second kappa shape index (κ2) is 5.54. The molecule has 4 nitrogen and oxygen atoms in total. The average molecular weight is 272 g/mol. The third kappa shape index (κ3) is 2.63. The molecule has 2 aromatic rings. The summed E-state index contributed by atoms with van der Waals surface area (Å²) < 4.78 is 13.3. The van der Waals surface area contributed by atoms with Crippen LogP contribution in [0.2, 0.25) is 0 Å². The molecule has 5 heteroatoms. The maximum absolute atomic E-state index is 13.3. The average Bonchev–Trinajstić information content (AvgIpc) is 2.48. The summed E-state index contributed by atoms with van der Waals surface area (Å²) in [5.41, 5.74) is 1.22. The van der Waals surface area contributed by atoms with Crippen LogP contribution in [0.15, 0.2) is 42.7 Å². The number of halogens is 1. The fraction of sp³-hybridized carbons (Fsp3) is 0.333. The van der Waals surface area contributed by atoms with Crippen molar-refractivity contribution in [3.8, 4) is 0 Å². The van der Waals surface area contributed by atoms with Crippen molar-refractivity contribution in [2.75, 3.05) is 31.6 Å². The van der Waals surface area contributed by atoms with E-state index in [-0.39, 0.29) is 6.04 Å². The Hall–Kier alpha value is -2.01. The van der Waals surface area contributed by atoms with Gasteiger partial charge in [-0.2, -0.15) is 4.39 Å². The van der Waals surface area contributed by atoms with Gasteiger partial charge in [-0.15, -0.1) is 0 Å². The number of anilines is 1. The minimum atomic E-state index is -0.485. The van der Waals surface area contributed by atoms with Crippen molar-refractivity contribution in [1.29, 1.82) is 0 Å². The van der Waals surface area contributed by atoms with Crippen LogP contribution in [0.3, 0.4) is 0 Å². The van der Waals surface area contributed by atoms with Crippen molar-refractivity contribution in [3.63, 3.8) is 0 Å². The van der Waals surface area contributed by atoms with Crippen LogP contribution >= 0.6 is 0 Å². The second-order valence-electron chi connectivity index (χ2n) is 5.08. The number of hydrogen-bond donors (Lipinski definition) is 0. The third-order valence-corrected chi connectivity index (χ3v) is 3.68. The molecule has 1 aromatic heterocycles. The van der Waals surface area contributed by atoms with Crippen LogP contribution in [0, 0.1) is 5.95 Å². The molecule has 2 heterocycles. The van der Waals surface area contributed by atoms with Crippen molar-refractivity contribution in [3.05, 3.63) is 54.2 Å². The van der Waals surface area contributed by atoms with Gasteiger partial charge >= 0.3 is 0 Å². The normalized spacial score (nSPS) is 20.1. The lowest BCUT2D eigenvalue weighted by atomic mass is 10.0. The van der Waals surface area contributed by atoms with Crippen molar-refractivity contribution in [2.24, 2.45) is 0 Å². The number of nitrogens with zero attached hydrogens (tertiary/aromatic N) is 4. The van der Waals surface area contributed by atoms with E-state index in [9.17, 15) is 4.39 Å². The lowest BCUT2D eigenvalue weighted by Crippen LogP contribution is -2.47. The summed E-state index contributed by atoms with van der Waals surface area (Å²) in [6.07, 6.45) is 1.28. The van der Waals surface area contributed by atoms with Crippen molar-refractivity contribution in [1.82, 2.24) is 14.9 Å². The van der Waals surface area contributed by atoms with Crippen LogP contribution in [-0.2, 0) is 0 Å². The molecule has 1 aromatic carbocycles. The molecular weight excluding hydrogens is 255 g/mol. The van der Waals surface area contributed by atoms with Gasteiger partial charge in [0.15, 0.2) is 0 Å². The van der Waals surface area contributed by atoms with Crippen molar-refractivity contribution >= 4 is 5.82 Å². The standard InChI is InChI=1S/C15H17FN4/c1-19-7-8-20(15-9-14(16)17-11-18-15)13(10-19)12-5-3-2-4-6-12/h2-6,9,11,13H,7-8,10H2,1H3. The summed E-state index contributed by atoms with van der Waals surface area (Å²) in [5, 5.41) is 0. The van der Waals surface area contributed by atoms with E-state index in [0.29, 0.717) is 5.82 Å². The quantitative estimate of drug-likeness (QED) is 0.784. The Labute approximate surface area is 117 Å². The van der Waals surface area contributed by atoms with Crippen LogP contribution < -0.4 is 4.90 Å². The number of benzene rings is 1. The summed E-state index contributed by atoms with van der Waals surface area (Å²) >= 11 is 0. The van der Waals surface area contributed by atoms with E-state index in [1.165, 1.54) is 18.0 Å². The first-order valence-corrected chi connectivity index (χ1v) is 6.72. The molecule has 1 saturated heterocycles. The molecule has 0 radical (unpaired) electrons. The monoisotopic (exact) mass is 272 g/mol. The molecule has 1 fully saturated rings. The summed E-state index contributed by atoms with van der Waals surface area (Å²) in [7, 11) is 2.11. The molecule has 1 aliphatic heterocycles. The van der Waals surface area contributed by atoms with E-state index in [1.54, 1.807) is 0 Å². The van der Waals surface area contributed by atoms with E-state index in [1.807, 2.05) is 18.2 Å². The Bertz CT molecular complexity index is 575. The van der Waals surface area contributed by atoms with Gasteiger partial charge in [-0.3, -0.25) is 0 Å². The number of piperazine rings is 1. The molecule has 1 unspecified atom stereocenters. The minimum Gasteiger partial charge on any atom is -0.347 e. The second-order valence-corrected chi connectivity index (χ2v) is 5.08. The van der Waals surface area contributed by atoms with Crippen LogP contribution in [0.5, 0.6) is 0 Å². The van der Waals surface area contributed by atoms with Gasteiger partial charge in [0.1, 0.15) is 12.1 Å². The molecule has 0 spiro atoms. The fourth-order valence-corrected chi connectivity index (χ4v) is 2.64. The smallest absolute Gasteiger partial charge is 0.218 e. The zero-order chi connectivity index (χ0) is 13.9. The highest BCUT2D eigenvalue weighted by atomic mass is 19.1. The molecule has 3 rings (SSSR count). The lowest BCUT2D eigenvalue weighted by Gasteiger charge is -2.41. The molecule has 1 atom stereocenters. The molecule has 0 amide bonds. The zero-order valence-corrected chi connectivity index (χ0v) is 11.4. The zero-order valence-electron chi connectivity index (χ0n) is 11.4. The predicted molar refractivity (Wildman–Crippen MR) is 76.0 cm³/mol. The fourth-order valence-electron chi connectivity index (χ4n) is 2.64. The number of hydrogen-bond acceptors (Lipinski definition) is 4. The van der Waals surface area contributed by atoms with Gasteiger partial charge in [0.05, 0.1) is 6.04 Å². The van der Waals surface area contributed by atoms with E-state index in [2.05, 4.69) is 38.9 Å². The number of aromatic nitrogens is 2. The molecule has 0 bridgehead atoms. The lowest BCUT2D eigenvalue weighted by molar-refractivity contribution is 0.268. The van der Waals surface area contributed by atoms with Crippen LogP contribution in [0.4, 0.5) is 10.2 Å². The number of rotatable bonds is 2. The van der Waals surface area contributed by atoms with Crippen molar-refractivity contribution < 1.29 is 4.39 Å². The Morgan fingerprint density at radius 3 is 2.70 bits per heavy atom. The largest absolute Gasteiger partial charge is 0.347 e. The first-order valence-electron chi connectivity index (χ1n) is 6.72. The topological polar surface area (TPSA) is 32.3 Å². The summed E-state index contributed by atoms with van der Waals surface area (Å²) in [4.78, 5) is 12.2. The van der Waals surface area contributed by atoms with Crippen LogP contribution in [0.1, 0.15) is 11.6 Å². The van der Waals surface area contributed by atoms with Gasteiger partial charge in [0.2, 0.25) is 5.95 Å². The molecule has 20 heavy (non-hydrogen) atoms. The van der Waals surface area contributed by atoms with E-state index in [4.69, 9.17) is 0 Å². The first kappa shape index (κ1) is 13.0. The molecule has 0 N–H and O–H groups in total. The van der Waals surface area contributed by atoms with Gasteiger partial charge in [-0.05, 0) is 12.6 Å². The Morgan fingerprint density at radius 1 is 1.15 bits per heavy atom. The van der Waals surface area contributed by atoms with Crippen LogP contribution in [0.25, 0.3) is 0 Å². The highest BCUT2D eigenvalue weighted by Gasteiger charge is 2.27. The van der Waals surface area contributed by atoms with Gasteiger partial charge in [-0.1, -0.05) is 30.3 Å². The summed E-state index contributed by atoms with van der Waals surface area (Å²) in [6, 6.07) is 11.9. The van der Waals surface area contributed by atoms with Gasteiger partial charge in [0, 0.05) is 25.7 Å². The maximum Gasteiger partial charge on any atom is 0.218 e. The summed E-state index contributed by atoms with van der Waals surface area (Å²) in [5.74, 6) is 0.167. The maximum atomic E-state index is 13.3. The minimum absolute atomic E-state index is 0.184. The van der Waals surface area contributed by atoms with Gasteiger partial charge < -0.3 is 9.80 Å². The Morgan fingerprint density at radius 2 is 1.95 bits per heavy atom. The van der Waals surface area contributed by atoms with E-state index >= 15 is 0 Å². The SMILES string of the molecule is CN1CCN(c2cc(F)ncn2)C(c2ccccc2)C1.